The third-order valence-electron chi connectivity index (χ3n) is 1.54. The van der Waals surface area contributed by atoms with E-state index in [1.165, 1.54) is 0 Å². The predicted molar refractivity (Wildman–Crippen MR) is 57.2 cm³/mol. The molecule has 0 aromatic heterocycles. The molecule has 0 aromatic rings. The molecule has 0 bridgehead atoms. The molecule has 1 amide bonds. The number of nitrogens with two attached hydrogens (primary N) is 1. The van der Waals surface area contributed by atoms with Gasteiger partial charge in [0.1, 0.15) is 5.60 Å². The maximum Gasteiger partial charge on any atom is 0.410 e. The molecule has 0 heterocycles. The van der Waals surface area contributed by atoms with Crippen molar-refractivity contribution in [1.82, 2.24) is 4.90 Å². The van der Waals surface area contributed by atoms with Crippen molar-refractivity contribution in [3.63, 3.8) is 0 Å². The lowest BCUT2D eigenvalue weighted by atomic mass is 10.2. The van der Waals surface area contributed by atoms with Crippen LogP contribution < -0.4 is 5.73 Å². The van der Waals surface area contributed by atoms with E-state index < -0.39 is 5.60 Å². The monoisotopic (exact) mass is 202 g/mol. The fraction of sp³-hybridized carbons (Fsp3) is 0.900. The van der Waals surface area contributed by atoms with Gasteiger partial charge in [0.2, 0.25) is 0 Å². The lowest BCUT2D eigenvalue weighted by Gasteiger charge is -2.26. The standard InChI is InChI=1S/C10H22N2O2/c1-5-7-12(8-6-11)9(13)14-10(2,3)4/h5-8,11H2,1-4H3. The summed E-state index contributed by atoms with van der Waals surface area (Å²) < 4.78 is 5.24. The van der Waals surface area contributed by atoms with Crippen molar-refractivity contribution < 1.29 is 9.53 Å². The minimum Gasteiger partial charge on any atom is -0.444 e. The molecule has 4 heteroatoms. The second kappa shape index (κ2) is 5.86. The van der Waals surface area contributed by atoms with Crippen molar-refractivity contribution in [3.8, 4) is 0 Å². The molecule has 0 rings (SSSR count). The van der Waals surface area contributed by atoms with Gasteiger partial charge in [0, 0.05) is 19.6 Å². The van der Waals surface area contributed by atoms with Crippen LogP contribution in [0.5, 0.6) is 0 Å². The molecule has 0 atom stereocenters. The average Bonchev–Trinajstić information content (AvgIpc) is 2.01. The largest absolute Gasteiger partial charge is 0.444 e. The molecule has 4 nitrogen and oxygen atoms in total. The Kier molecular flexibility index (Phi) is 5.53. The smallest absolute Gasteiger partial charge is 0.410 e. The summed E-state index contributed by atoms with van der Waals surface area (Å²) in [6.07, 6.45) is 0.643. The van der Waals surface area contributed by atoms with Gasteiger partial charge < -0.3 is 15.4 Å². The Bertz CT molecular complexity index is 169. The molecule has 0 aliphatic carbocycles. The maximum atomic E-state index is 11.6. The van der Waals surface area contributed by atoms with Crippen LogP contribution in [-0.4, -0.2) is 36.2 Å². The Hall–Kier alpha value is -0.770. The number of nitrogens with zero attached hydrogens (tertiary/aromatic N) is 1. The average molecular weight is 202 g/mol. The van der Waals surface area contributed by atoms with Crippen molar-refractivity contribution in [2.24, 2.45) is 5.73 Å². The van der Waals surface area contributed by atoms with Crippen LogP contribution in [0.1, 0.15) is 34.1 Å². The fourth-order valence-corrected chi connectivity index (χ4v) is 1.05. The van der Waals surface area contributed by atoms with Crippen molar-refractivity contribution >= 4 is 6.09 Å². The van der Waals surface area contributed by atoms with Gasteiger partial charge in [-0.15, -0.1) is 0 Å². The minimum atomic E-state index is -0.433. The molecule has 0 unspecified atom stereocenters. The van der Waals surface area contributed by atoms with Gasteiger partial charge in [-0.25, -0.2) is 4.79 Å². The van der Waals surface area contributed by atoms with Gasteiger partial charge in [-0.2, -0.15) is 0 Å². The summed E-state index contributed by atoms with van der Waals surface area (Å²) in [4.78, 5) is 13.2. The van der Waals surface area contributed by atoms with Crippen LogP contribution in [0, 0.1) is 0 Å². The first-order valence-electron chi connectivity index (χ1n) is 5.08. The first-order valence-corrected chi connectivity index (χ1v) is 5.08. The highest BCUT2D eigenvalue weighted by Gasteiger charge is 2.20. The molecule has 0 radical (unpaired) electrons. The second-order valence-electron chi connectivity index (χ2n) is 4.26. The first kappa shape index (κ1) is 13.2. The fourth-order valence-electron chi connectivity index (χ4n) is 1.05. The van der Waals surface area contributed by atoms with E-state index in [-0.39, 0.29) is 6.09 Å². The van der Waals surface area contributed by atoms with Gasteiger partial charge in [-0.3, -0.25) is 0 Å². The highest BCUT2D eigenvalue weighted by molar-refractivity contribution is 5.68. The minimum absolute atomic E-state index is 0.273. The van der Waals surface area contributed by atoms with E-state index >= 15 is 0 Å². The highest BCUT2D eigenvalue weighted by Crippen LogP contribution is 2.09. The molecule has 2 N–H and O–H groups in total. The number of rotatable bonds is 4. The molecule has 0 saturated carbocycles. The number of hydrogen-bond acceptors (Lipinski definition) is 3. The highest BCUT2D eigenvalue weighted by atomic mass is 16.6. The van der Waals surface area contributed by atoms with Crippen LogP contribution in [0.25, 0.3) is 0 Å². The van der Waals surface area contributed by atoms with Crippen LogP contribution in [0.4, 0.5) is 4.79 Å². The molecular weight excluding hydrogens is 180 g/mol. The van der Waals surface area contributed by atoms with Crippen LogP contribution >= 0.6 is 0 Å². The van der Waals surface area contributed by atoms with Gasteiger partial charge in [-0.1, -0.05) is 6.92 Å². The molecule has 0 aromatic carbocycles. The normalized spacial score (nSPS) is 11.2. The summed E-state index contributed by atoms with van der Waals surface area (Å²) >= 11 is 0. The molecule has 0 aliphatic heterocycles. The molecule has 0 spiro atoms. The van der Waals surface area contributed by atoms with Crippen LogP contribution in [0.15, 0.2) is 0 Å². The number of ether oxygens (including phenoxy) is 1. The van der Waals surface area contributed by atoms with E-state index in [0.29, 0.717) is 19.6 Å². The summed E-state index contributed by atoms with van der Waals surface area (Å²) in [7, 11) is 0. The molecule has 0 aliphatic rings. The van der Waals surface area contributed by atoms with Gasteiger partial charge in [0.15, 0.2) is 0 Å². The number of carbonyl (C=O) groups excluding carboxylic acids is 1. The van der Waals surface area contributed by atoms with E-state index in [9.17, 15) is 4.79 Å². The van der Waals surface area contributed by atoms with Gasteiger partial charge in [-0.05, 0) is 27.2 Å². The quantitative estimate of drug-likeness (QED) is 0.753. The molecule has 84 valence electrons. The second-order valence-corrected chi connectivity index (χ2v) is 4.26. The zero-order valence-corrected chi connectivity index (χ0v) is 9.67. The molecule has 14 heavy (non-hydrogen) atoms. The zero-order valence-electron chi connectivity index (χ0n) is 9.67. The molecule has 0 fully saturated rings. The van der Waals surface area contributed by atoms with Gasteiger partial charge in [0.05, 0.1) is 0 Å². The molecular formula is C10H22N2O2. The summed E-state index contributed by atoms with van der Waals surface area (Å²) in [5.74, 6) is 0. The summed E-state index contributed by atoms with van der Waals surface area (Å²) in [5.41, 5.74) is 4.98. The van der Waals surface area contributed by atoms with E-state index in [1.54, 1.807) is 4.90 Å². The Balaban J connectivity index is 4.14. The number of hydrogen-bond donors (Lipinski definition) is 1. The van der Waals surface area contributed by atoms with Crippen LogP contribution in [-0.2, 0) is 4.74 Å². The lowest BCUT2D eigenvalue weighted by Crippen LogP contribution is -2.39. The topological polar surface area (TPSA) is 55.6 Å². The first-order chi connectivity index (χ1) is 6.40. The number of carbonyl (C=O) groups is 1. The van der Waals surface area contributed by atoms with Crippen LogP contribution in [0.3, 0.4) is 0 Å². The van der Waals surface area contributed by atoms with Crippen molar-refractivity contribution in [3.05, 3.63) is 0 Å². The summed E-state index contributed by atoms with van der Waals surface area (Å²) in [6, 6.07) is 0. The van der Waals surface area contributed by atoms with Gasteiger partial charge >= 0.3 is 6.09 Å². The van der Waals surface area contributed by atoms with Crippen molar-refractivity contribution in [2.45, 2.75) is 39.7 Å². The van der Waals surface area contributed by atoms with E-state index in [0.717, 1.165) is 6.42 Å². The van der Waals surface area contributed by atoms with Crippen molar-refractivity contribution in [1.29, 1.82) is 0 Å². The molecule has 0 saturated heterocycles. The Morgan fingerprint density at radius 1 is 1.36 bits per heavy atom. The number of amides is 1. The van der Waals surface area contributed by atoms with Crippen molar-refractivity contribution in [2.75, 3.05) is 19.6 Å². The summed E-state index contributed by atoms with van der Waals surface area (Å²) in [5, 5.41) is 0. The van der Waals surface area contributed by atoms with E-state index in [2.05, 4.69) is 0 Å². The summed E-state index contributed by atoms with van der Waals surface area (Å²) in [6.45, 7) is 9.33. The Labute approximate surface area is 86.4 Å². The Morgan fingerprint density at radius 3 is 2.29 bits per heavy atom. The maximum absolute atomic E-state index is 11.6. The van der Waals surface area contributed by atoms with Gasteiger partial charge in [0.25, 0.3) is 0 Å². The Morgan fingerprint density at radius 2 is 1.93 bits per heavy atom. The zero-order chi connectivity index (χ0) is 11.2. The van der Waals surface area contributed by atoms with E-state index in [4.69, 9.17) is 10.5 Å². The lowest BCUT2D eigenvalue weighted by molar-refractivity contribution is 0.0255. The van der Waals surface area contributed by atoms with Crippen LogP contribution in [0.2, 0.25) is 0 Å². The predicted octanol–water partition coefficient (Wildman–Crippen LogP) is 1.59. The third kappa shape index (κ3) is 5.80. The van der Waals surface area contributed by atoms with E-state index in [1.807, 2.05) is 27.7 Å². The SMILES string of the molecule is CCCN(CCN)C(=O)OC(C)(C)C. The third-order valence-corrected chi connectivity index (χ3v) is 1.54.